The van der Waals surface area contributed by atoms with E-state index in [0.29, 0.717) is 23.9 Å². The highest BCUT2D eigenvalue weighted by atomic mass is 31.2. The molecular formula is C63H124N2O7P+. The van der Waals surface area contributed by atoms with Gasteiger partial charge in [0.25, 0.3) is 0 Å². The highest BCUT2D eigenvalue weighted by Crippen LogP contribution is 2.43. The maximum atomic E-state index is 13.5. The van der Waals surface area contributed by atoms with E-state index in [1.54, 1.807) is 0 Å². The molecule has 0 aromatic rings. The summed E-state index contributed by atoms with van der Waals surface area (Å²) in [5.41, 5.74) is 0. The number of esters is 1. The lowest BCUT2D eigenvalue weighted by molar-refractivity contribution is -0.870. The van der Waals surface area contributed by atoms with Crippen molar-refractivity contribution in [3.8, 4) is 0 Å². The molecule has 0 aliphatic rings. The quantitative estimate of drug-likeness (QED) is 0.0205. The summed E-state index contributed by atoms with van der Waals surface area (Å²) < 4.78 is 30.7. The summed E-state index contributed by atoms with van der Waals surface area (Å²) in [6.45, 7) is 7.05. The number of quaternary nitrogens is 1. The van der Waals surface area contributed by atoms with Gasteiger partial charge in [0.15, 0.2) is 0 Å². The predicted octanol–water partition coefficient (Wildman–Crippen LogP) is 19.3. The predicted molar refractivity (Wildman–Crippen MR) is 314 cm³/mol. The third-order valence-corrected chi connectivity index (χ3v) is 15.4. The van der Waals surface area contributed by atoms with Crippen LogP contribution in [0.25, 0.3) is 0 Å². The van der Waals surface area contributed by atoms with Gasteiger partial charge in [-0.05, 0) is 57.4 Å². The second-order valence-electron chi connectivity index (χ2n) is 22.9. The summed E-state index contributed by atoms with van der Waals surface area (Å²) in [7, 11) is 1.51. The van der Waals surface area contributed by atoms with E-state index in [-0.39, 0.29) is 25.1 Å². The largest absolute Gasteiger partial charge is 0.472 e. The summed E-state index contributed by atoms with van der Waals surface area (Å²) in [6, 6.07) is -0.841. The van der Waals surface area contributed by atoms with Crippen LogP contribution >= 0.6 is 7.82 Å². The van der Waals surface area contributed by atoms with Crippen LogP contribution < -0.4 is 5.32 Å². The Labute approximate surface area is 454 Å². The van der Waals surface area contributed by atoms with E-state index in [1.807, 2.05) is 33.3 Å². The molecule has 0 aliphatic heterocycles. The van der Waals surface area contributed by atoms with E-state index < -0.39 is 20.0 Å². The fourth-order valence-electron chi connectivity index (χ4n) is 9.47. The summed E-state index contributed by atoms with van der Waals surface area (Å²) in [6.07, 6.45) is 63.2. The van der Waals surface area contributed by atoms with Crippen LogP contribution in [0.5, 0.6) is 0 Å². The topological polar surface area (TPSA) is 111 Å². The number of phosphoric ester groups is 1. The number of rotatable bonds is 58. The molecule has 0 saturated heterocycles. The number of unbranched alkanes of at least 4 members (excludes halogenated alkanes) is 40. The first-order valence-electron chi connectivity index (χ1n) is 31.7. The average Bonchev–Trinajstić information content (AvgIpc) is 3.35. The Morgan fingerprint density at radius 1 is 0.466 bits per heavy atom. The number of likely N-dealkylation sites (N-methyl/N-ethyl adjacent to an activating group) is 1. The molecule has 0 saturated carbocycles. The Kier molecular flexibility index (Phi) is 52.8. The molecule has 73 heavy (non-hydrogen) atoms. The molecule has 0 radical (unpaired) electrons. The molecule has 0 heterocycles. The lowest BCUT2D eigenvalue weighted by Crippen LogP contribution is -2.47. The van der Waals surface area contributed by atoms with Gasteiger partial charge in [-0.2, -0.15) is 0 Å². The summed E-state index contributed by atoms with van der Waals surface area (Å²) in [5, 5.41) is 3.06. The number of phosphoric acid groups is 1. The van der Waals surface area contributed by atoms with Crippen LogP contribution in [-0.4, -0.2) is 74.3 Å². The fraction of sp³-hybridized carbons (Fsp3) is 0.905. The molecule has 432 valence electrons. The zero-order valence-electron chi connectivity index (χ0n) is 49.4. The van der Waals surface area contributed by atoms with Gasteiger partial charge >= 0.3 is 13.8 Å². The molecule has 0 bridgehead atoms. The molecule has 0 aromatic carbocycles. The summed E-state index contributed by atoms with van der Waals surface area (Å²) in [4.78, 5) is 37.7. The van der Waals surface area contributed by atoms with Crippen LogP contribution in [-0.2, 0) is 27.9 Å². The Morgan fingerprint density at radius 2 is 0.795 bits per heavy atom. The monoisotopic (exact) mass is 1050 g/mol. The normalized spacial score (nSPS) is 13.8. The Balaban J connectivity index is 5.14. The molecule has 3 unspecified atom stereocenters. The first-order valence-corrected chi connectivity index (χ1v) is 33.2. The zero-order chi connectivity index (χ0) is 53.6. The average molecular weight is 1050 g/mol. The fourth-order valence-corrected chi connectivity index (χ4v) is 10.2. The minimum absolute atomic E-state index is 0.0439. The van der Waals surface area contributed by atoms with Crippen molar-refractivity contribution in [2.45, 2.75) is 328 Å². The lowest BCUT2D eigenvalue weighted by atomic mass is 10.0. The first kappa shape index (κ1) is 71.5. The van der Waals surface area contributed by atoms with Gasteiger partial charge in [0, 0.05) is 12.8 Å². The van der Waals surface area contributed by atoms with Gasteiger partial charge in [-0.25, -0.2) is 4.57 Å². The van der Waals surface area contributed by atoms with Crippen molar-refractivity contribution in [3.05, 3.63) is 24.3 Å². The van der Waals surface area contributed by atoms with Gasteiger partial charge in [-0.15, -0.1) is 0 Å². The van der Waals surface area contributed by atoms with Crippen molar-refractivity contribution in [2.75, 3.05) is 40.9 Å². The van der Waals surface area contributed by atoms with E-state index >= 15 is 0 Å². The number of nitrogens with one attached hydrogen (secondary N) is 1. The highest BCUT2D eigenvalue weighted by molar-refractivity contribution is 7.47. The molecule has 0 spiro atoms. The van der Waals surface area contributed by atoms with Crippen LogP contribution in [0.4, 0.5) is 0 Å². The van der Waals surface area contributed by atoms with E-state index in [1.165, 1.54) is 225 Å². The summed E-state index contributed by atoms with van der Waals surface area (Å²) >= 11 is 0. The van der Waals surface area contributed by atoms with Gasteiger partial charge < -0.3 is 19.4 Å². The Morgan fingerprint density at radius 3 is 1.16 bits per heavy atom. The number of amides is 1. The number of allylic oxidation sites excluding steroid dienone is 3. The number of hydrogen-bond donors (Lipinski definition) is 2. The van der Waals surface area contributed by atoms with Gasteiger partial charge in [0.1, 0.15) is 19.3 Å². The van der Waals surface area contributed by atoms with E-state index in [9.17, 15) is 19.0 Å². The van der Waals surface area contributed by atoms with Gasteiger partial charge in [0.2, 0.25) is 5.91 Å². The lowest BCUT2D eigenvalue weighted by Gasteiger charge is -2.27. The molecule has 0 fully saturated rings. The van der Waals surface area contributed by atoms with Gasteiger partial charge in [-0.3, -0.25) is 18.6 Å². The molecule has 2 N–H and O–H groups in total. The van der Waals surface area contributed by atoms with Gasteiger partial charge in [0.05, 0.1) is 33.8 Å². The molecule has 0 rings (SSSR count). The number of carbonyl (C=O) groups excluding carboxylic acids is 2. The minimum Gasteiger partial charge on any atom is -0.456 e. The van der Waals surface area contributed by atoms with E-state index in [4.69, 9.17) is 13.8 Å². The number of hydrogen-bond acceptors (Lipinski definition) is 6. The van der Waals surface area contributed by atoms with Crippen LogP contribution in [0.3, 0.4) is 0 Å². The molecule has 0 aliphatic carbocycles. The summed E-state index contributed by atoms with van der Waals surface area (Å²) in [5.74, 6) is -0.490. The van der Waals surface area contributed by atoms with Crippen LogP contribution in [0.1, 0.15) is 316 Å². The second kappa shape index (κ2) is 53.9. The van der Waals surface area contributed by atoms with Crippen LogP contribution in [0.15, 0.2) is 24.3 Å². The van der Waals surface area contributed by atoms with Crippen LogP contribution in [0, 0.1) is 0 Å². The van der Waals surface area contributed by atoms with Crippen molar-refractivity contribution in [2.24, 2.45) is 0 Å². The maximum absolute atomic E-state index is 13.5. The zero-order valence-corrected chi connectivity index (χ0v) is 50.3. The molecule has 10 heteroatoms. The number of nitrogens with zero attached hydrogens (tertiary/aromatic N) is 1. The van der Waals surface area contributed by atoms with E-state index in [2.05, 4.69) is 38.2 Å². The van der Waals surface area contributed by atoms with Crippen molar-refractivity contribution in [1.82, 2.24) is 5.32 Å². The van der Waals surface area contributed by atoms with Crippen molar-refractivity contribution < 1.29 is 37.3 Å². The molecule has 3 atom stereocenters. The second-order valence-corrected chi connectivity index (χ2v) is 24.4. The highest BCUT2D eigenvalue weighted by Gasteiger charge is 2.30. The Bertz CT molecular complexity index is 1300. The SMILES string of the molecule is CCCCCCCC/C=C/CCCCCCCCCCCCCC(=O)OC(/C=C/CCCCCCCCCCC)C(COP(=O)(O)OCC[N+](C)(C)C)NC(=O)CCCCCCCCCCCCCCCCC. The minimum atomic E-state index is -4.44. The third-order valence-electron chi connectivity index (χ3n) is 14.4. The maximum Gasteiger partial charge on any atom is 0.472 e. The van der Waals surface area contributed by atoms with Crippen molar-refractivity contribution in [1.29, 1.82) is 0 Å². The molecule has 9 nitrogen and oxygen atoms in total. The van der Waals surface area contributed by atoms with E-state index in [0.717, 1.165) is 57.8 Å². The Hall–Kier alpha value is -1.51. The third kappa shape index (κ3) is 55.1. The first-order chi connectivity index (χ1) is 35.4. The van der Waals surface area contributed by atoms with Gasteiger partial charge in [-0.1, -0.05) is 270 Å². The standard InChI is InChI=1S/C63H123N2O7P/c1-7-10-13-16-19-22-25-27-29-30-31-32-33-34-36-38-41-44-47-50-53-56-63(67)72-61(54-51-48-45-42-39-24-21-18-15-12-9-3)60(59-71-73(68,69)70-58-57-65(4,5)6)64-62(66)55-52-49-46-43-40-37-35-28-26-23-20-17-14-11-8-2/h27,29,51,54,60-61H,7-26,28,30-50,52-53,55-59H2,1-6H3,(H-,64,66,68,69)/p+1/b29-27+,54-51+. The van der Waals surface area contributed by atoms with Crippen molar-refractivity contribution in [3.63, 3.8) is 0 Å². The molecular weight excluding hydrogens is 928 g/mol. The number of ether oxygens (including phenoxy) is 1. The molecule has 1 amide bonds. The smallest absolute Gasteiger partial charge is 0.456 e. The van der Waals surface area contributed by atoms with Crippen LogP contribution in [0.2, 0.25) is 0 Å². The van der Waals surface area contributed by atoms with Crippen molar-refractivity contribution >= 4 is 19.7 Å². The number of carbonyl (C=O) groups is 2. The molecule has 0 aromatic heterocycles.